The van der Waals surface area contributed by atoms with Gasteiger partial charge in [-0.1, -0.05) is 5.16 Å². The third-order valence-corrected chi connectivity index (χ3v) is 7.28. The van der Waals surface area contributed by atoms with Crippen LogP contribution in [0.5, 0.6) is 0 Å². The number of hydrogen-bond acceptors (Lipinski definition) is 7. The average molecular weight is 426 g/mol. The van der Waals surface area contributed by atoms with Crippen molar-refractivity contribution < 1.29 is 15.1 Å². The number of carboxylic acids is 1. The van der Waals surface area contributed by atoms with Crippen molar-refractivity contribution in [2.24, 2.45) is 5.16 Å². The molecule has 0 spiro atoms. The first-order valence-corrected chi connectivity index (χ1v) is 11.0. The Labute approximate surface area is 176 Å². The molecule has 0 unspecified atom stereocenters. The first-order chi connectivity index (χ1) is 14.5. The van der Waals surface area contributed by atoms with Gasteiger partial charge in [0.1, 0.15) is 5.56 Å². The Hall–Kier alpha value is -2.94. The van der Waals surface area contributed by atoms with Crippen LogP contribution in [0.2, 0.25) is 0 Å². The maximum Gasteiger partial charge on any atom is 0.341 e. The molecule has 2 aromatic rings. The van der Waals surface area contributed by atoms with Crippen LogP contribution in [-0.4, -0.2) is 45.4 Å². The molecule has 4 N–H and O–H groups in total. The van der Waals surface area contributed by atoms with Crippen LogP contribution in [0.25, 0.3) is 10.9 Å². The maximum atomic E-state index is 12.8. The molecule has 1 aliphatic carbocycles. The van der Waals surface area contributed by atoms with Gasteiger partial charge in [0.2, 0.25) is 5.43 Å². The molecule has 30 heavy (non-hydrogen) atoms. The molecule has 0 bridgehead atoms. The predicted molar refractivity (Wildman–Crippen MR) is 118 cm³/mol. The highest BCUT2D eigenvalue weighted by molar-refractivity contribution is 8.03. The molecule has 0 atom stereocenters. The van der Waals surface area contributed by atoms with Crippen molar-refractivity contribution in [3.05, 3.63) is 44.6 Å². The third kappa shape index (κ3) is 3.04. The molecule has 1 fully saturated rings. The number of aromatic carboxylic acids is 1. The van der Waals surface area contributed by atoms with Crippen molar-refractivity contribution in [1.82, 2.24) is 4.57 Å². The van der Waals surface area contributed by atoms with Gasteiger partial charge in [-0.2, -0.15) is 0 Å². The van der Waals surface area contributed by atoms with Gasteiger partial charge in [0.25, 0.3) is 0 Å². The van der Waals surface area contributed by atoms with Crippen molar-refractivity contribution in [2.45, 2.75) is 31.7 Å². The van der Waals surface area contributed by atoms with Gasteiger partial charge in [0, 0.05) is 48.5 Å². The summed E-state index contributed by atoms with van der Waals surface area (Å²) in [6.45, 7) is 1.37. The van der Waals surface area contributed by atoms with Crippen molar-refractivity contribution in [2.75, 3.05) is 29.5 Å². The van der Waals surface area contributed by atoms with Crippen LogP contribution in [0.3, 0.4) is 0 Å². The number of hydrogen-bond donors (Lipinski definition) is 3. The number of carboxylic acid groups (broad SMARTS) is 1. The van der Waals surface area contributed by atoms with E-state index in [1.807, 2.05) is 22.4 Å². The minimum absolute atomic E-state index is 0.209. The molecule has 0 radical (unpaired) electrons. The molecule has 8 nitrogen and oxygen atoms in total. The topological polar surface area (TPSA) is 121 Å². The summed E-state index contributed by atoms with van der Waals surface area (Å²) in [5.41, 5.74) is 9.38. The fourth-order valence-electron chi connectivity index (χ4n) is 4.38. The van der Waals surface area contributed by atoms with E-state index in [1.54, 1.807) is 6.07 Å². The van der Waals surface area contributed by atoms with Crippen LogP contribution in [0, 0.1) is 0 Å². The smallest absolute Gasteiger partial charge is 0.341 e. The van der Waals surface area contributed by atoms with Crippen molar-refractivity contribution in [3.63, 3.8) is 0 Å². The number of nitrogen functional groups attached to an aromatic ring is 1. The van der Waals surface area contributed by atoms with Gasteiger partial charge >= 0.3 is 5.97 Å². The zero-order valence-corrected chi connectivity index (χ0v) is 17.1. The van der Waals surface area contributed by atoms with Gasteiger partial charge in [-0.05, 0) is 36.3 Å². The van der Waals surface area contributed by atoms with Gasteiger partial charge in [-0.25, -0.2) is 4.79 Å². The molecule has 1 saturated carbocycles. The Bertz CT molecular complexity index is 1200. The average Bonchev–Trinajstić information content (AvgIpc) is 3.58. The van der Waals surface area contributed by atoms with E-state index in [4.69, 9.17) is 5.73 Å². The molecule has 156 valence electrons. The number of anilines is 2. The second-order valence-electron chi connectivity index (χ2n) is 7.96. The number of benzene rings is 1. The molecule has 3 heterocycles. The SMILES string of the molecule is Nc1cc2c(=O)c(C(=O)O)cn(C3CC3)c2cc1N1CCC2=C(C1)/C(=N/O)CCS2. The molecular formula is C21H22N4O4S. The van der Waals surface area contributed by atoms with E-state index in [1.165, 1.54) is 11.1 Å². The lowest BCUT2D eigenvalue weighted by Crippen LogP contribution is -2.35. The van der Waals surface area contributed by atoms with Gasteiger partial charge in [-0.3, -0.25) is 4.79 Å². The normalized spacial score (nSPS) is 20.7. The quantitative estimate of drug-likeness (QED) is 0.392. The summed E-state index contributed by atoms with van der Waals surface area (Å²) >= 11 is 1.82. The zero-order chi connectivity index (χ0) is 21.0. The fourth-order valence-corrected chi connectivity index (χ4v) is 5.51. The number of oxime groups is 1. The lowest BCUT2D eigenvalue weighted by Gasteiger charge is -2.35. The second kappa shape index (κ2) is 7.09. The Morgan fingerprint density at radius 1 is 1.27 bits per heavy atom. The lowest BCUT2D eigenvalue weighted by atomic mass is 10.0. The van der Waals surface area contributed by atoms with Crippen LogP contribution in [0.15, 0.2) is 38.8 Å². The molecule has 1 aromatic heterocycles. The van der Waals surface area contributed by atoms with E-state index in [-0.39, 0.29) is 11.6 Å². The Morgan fingerprint density at radius 2 is 2.07 bits per heavy atom. The van der Waals surface area contributed by atoms with Crippen LogP contribution in [0.4, 0.5) is 11.4 Å². The van der Waals surface area contributed by atoms with E-state index < -0.39 is 11.4 Å². The summed E-state index contributed by atoms with van der Waals surface area (Å²) < 4.78 is 1.91. The number of nitrogens with two attached hydrogens (primary N) is 1. The van der Waals surface area contributed by atoms with Crippen LogP contribution in [-0.2, 0) is 0 Å². The third-order valence-electron chi connectivity index (χ3n) is 6.07. The Kier molecular flexibility index (Phi) is 4.50. The molecular weight excluding hydrogens is 404 g/mol. The predicted octanol–water partition coefficient (Wildman–Crippen LogP) is 3.05. The summed E-state index contributed by atoms with van der Waals surface area (Å²) in [5.74, 6) is -0.296. The molecule has 0 saturated heterocycles. The monoisotopic (exact) mass is 426 g/mol. The van der Waals surface area contributed by atoms with E-state index in [0.29, 0.717) is 23.1 Å². The van der Waals surface area contributed by atoms with Crippen LogP contribution in [0.1, 0.15) is 42.1 Å². The van der Waals surface area contributed by atoms with Crippen molar-refractivity contribution in [1.29, 1.82) is 0 Å². The number of carbonyl (C=O) groups is 1. The zero-order valence-electron chi connectivity index (χ0n) is 16.3. The van der Waals surface area contributed by atoms with Crippen LogP contribution >= 0.6 is 11.8 Å². The molecule has 2 aliphatic heterocycles. The molecule has 9 heteroatoms. The fraction of sp³-hybridized carbons (Fsp3) is 0.381. The summed E-state index contributed by atoms with van der Waals surface area (Å²) in [5, 5.41) is 22.7. The first-order valence-electron chi connectivity index (χ1n) is 10.0. The summed E-state index contributed by atoms with van der Waals surface area (Å²) in [7, 11) is 0. The molecule has 1 aromatic carbocycles. The van der Waals surface area contributed by atoms with Gasteiger partial charge in [0.05, 0.1) is 22.6 Å². The number of thioether (sulfide) groups is 1. The second-order valence-corrected chi connectivity index (χ2v) is 9.15. The summed E-state index contributed by atoms with van der Waals surface area (Å²) in [6.07, 6.45) is 4.98. The number of fused-ring (bicyclic) bond motifs is 1. The minimum Gasteiger partial charge on any atom is -0.477 e. The highest BCUT2D eigenvalue weighted by Crippen LogP contribution is 2.40. The largest absolute Gasteiger partial charge is 0.477 e. The number of nitrogens with zero attached hydrogens (tertiary/aromatic N) is 3. The van der Waals surface area contributed by atoms with Crippen molar-refractivity contribution in [3.8, 4) is 0 Å². The standard InChI is InChI=1S/C21H22N4O4S/c22-15-7-12-17(25(11-1-2-11)10-14(20(12)26)21(27)28)8-18(15)24-5-3-19-13(9-24)16(23-29)4-6-30-19/h7-8,10-11,29H,1-6,9,22H2,(H,27,28)/b23-16+. The minimum atomic E-state index is -1.22. The van der Waals surface area contributed by atoms with E-state index in [0.717, 1.165) is 55.0 Å². The van der Waals surface area contributed by atoms with Crippen molar-refractivity contribution >= 4 is 45.7 Å². The van der Waals surface area contributed by atoms with Crippen LogP contribution < -0.4 is 16.1 Å². The highest BCUT2D eigenvalue weighted by atomic mass is 32.2. The Balaban J connectivity index is 1.63. The Morgan fingerprint density at radius 3 is 2.77 bits per heavy atom. The summed E-state index contributed by atoms with van der Waals surface area (Å²) in [4.78, 5) is 27.7. The highest BCUT2D eigenvalue weighted by Gasteiger charge is 2.30. The number of aromatic nitrogens is 1. The van der Waals surface area contributed by atoms with Gasteiger partial charge in [-0.15, -0.1) is 11.8 Å². The number of rotatable bonds is 3. The maximum absolute atomic E-state index is 12.8. The summed E-state index contributed by atoms with van der Waals surface area (Å²) in [6, 6.07) is 3.73. The molecule has 5 rings (SSSR count). The van der Waals surface area contributed by atoms with E-state index >= 15 is 0 Å². The first kappa shape index (κ1) is 19.0. The van der Waals surface area contributed by atoms with Gasteiger partial charge in [0.15, 0.2) is 0 Å². The van der Waals surface area contributed by atoms with E-state index in [2.05, 4.69) is 10.1 Å². The lowest BCUT2D eigenvalue weighted by molar-refractivity contribution is 0.0695. The number of pyridine rings is 1. The van der Waals surface area contributed by atoms with Gasteiger partial charge < -0.3 is 25.5 Å². The molecule has 0 amide bonds. The molecule has 3 aliphatic rings. The van der Waals surface area contributed by atoms with E-state index in [9.17, 15) is 19.9 Å².